The van der Waals surface area contributed by atoms with E-state index in [9.17, 15) is 14.7 Å². The van der Waals surface area contributed by atoms with Crippen LogP contribution in [-0.2, 0) is 11.4 Å². The fourth-order valence-electron chi connectivity index (χ4n) is 3.41. The lowest BCUT2D eigenvalue weighted by Crippen LogP contribution is -2.03. The molecule has 4 rings (SSSR count). The van der Waals surface area contributed by atoms with Crippen LogP contribution in [0.5, 0.6) is 5.75 Å². The van der Waals surface area contributed by atoms with E-state index in [1.54, 1.807) is 18.2 Å². The highest BCUT2D eigenvalue weighted by molar-refractivity contribution is 6.33. The number of aldehydes is 1. The molecule has 1 heterocycles. The summed E-state index contributed by atoms with van der Waals surface area (Å²) in [6.07, 6.45) is 0.993. The standard InChI is InChI=1S/C23H16Cl2O5/c24-17-8-15-20(10-19(17)28)30-21-11-22(29-7-3-6-26)18(25)9-16(21)23(15)14-5-2-1-4-13(14)12-27/h1-2,4-6,8-11,27H,3,7,12H2. The predicted molar refractivity (Wildman–Crippen MR) is 117 cm³/mol. The molecule has 0 amide bonds. The molecule has 0 spiro atoms. The second-order valence-corrected chi connectivity index (χ2v) is 7.47. The summed E-state index contributed by atoms with van der Waals surface area (Å²) in [6, 6.07) is 13.6. The number of halogens is 2. The normalized spacial score (nSPS) is 11.2. The number of carbonyl (C=O) groups excluding carboxylic acids is 1. The zero-order valence-corrected chi connectivity index (χ0v) is 17.2. The molecule has 0 saturated heterocycles. The number of carbonyl (C=O) groups is 1. The van der Waals surface area contributed by atoms with Gasteiger partial charge in [0, 0.05) is 35.1 Å². The molecule has 30 heavy (non-hydrogen) atoms. The molecule has 0 aromatic heterocycles. The zero-order valence-electron chi connectivity index (χ0n) is 15.7. The third kappa shape index (κ3) is 3.67. The molecule has 0 saturated carbocycles. The van der Waals surface area contributed by atoms with Gasteiger partial charge in [0.15, 0.2) is 0 Å². The molecule has 0 atom stereocenters. The Labute approximate surface area is 181 Å². The van der Waals surface area contributed by atoms with Crippen LogP contribution in [0.3, 0.4) is 0 Å². The fraction of sp³-hybridized carbons (Fsp3) is 0.130. The maximum Gasteiger partial charge on any atom is 0.200 e. The van der Waals surface area contributed by atoms with Crippen LogP contribution in [-0.4, -0.2) is 18.0 Å². The molecule has 2 aliphatic rings. The van der Waals surface area contributed by atoms with Crippen LogP contribution in [0, 0.1) is 0 Å². The third-order valence-corrected chi connectivity index (χ3v) is 5.37. The van der Waals surface area contributed by atoms with Gasteiger partial charge >= 0.3 is 0 Å². The SMILES string of the molecule is O=CCCOc1cc2oc3cc(=O)c(Cl)cc-3c(-c3ccccc3CO)c2cc1Cl. The number of benzene rings is 3. The Morgan fingerprint density at radius 1 is 1.03 bits per heavy atom. The van der Waals surface area contributed by atoms with Crippen molar-refractivity contribution in [3.63, 3.8) is 0 Å². The van der Waals surface area contributed by atoms with E-state index < -0.39 is 0 Å². The van der Waals surface area contributed by atoms with Gasteiger partial charge in [-0.2, -0.15) is 0 Å². The lowest BCUT2D eigenvalue weighted by molar-refractivity contribution is -0.108. The van der Waals surface area contributed by atoms with Gasteiger partial charge in [0.1, 0.15) is 23.4 Å². The Bertz CT molecular complexity index is 1280. The summed E-state index contributed by atoms with van der Waals surface area (Å²) in [5, 5.41) is 11.0. The lowest BCUT2D eigenvalue weighted by Gasteiger charge is -2.18. The van der Waals surface area contributed by atoms with Gasteiger partial charge in [-0.1, -0.05) is 47.5 Å². The third-order valence-electron chi connectivity index (χ3n) is 4.78. The summed E-state index contributed by atoms with van der Waals surface area (Å²) in [7, 11) is 0. The monoisotopic (exact) mass is 442 g/mol. The van der Waals surface area contributed by atoms with Crippen molar-refractivity contribution < 1.29 is 19.1 Å². The molecule has 0 bridgehead atoms. The first kappa shape index (κ1) is 20.4. The van der Waals surface area contributed by atoms with Gasteiger partial charge in [0.2, 0.25) is 5.43 Å². The van der Waals surface area contributed by atoms with Crippen LogP contribution in [0.4, 0.5) is 0 Å². The van der Waals surface area contributed by atoms with Gasteiger partial charge in [0.25, 0.3) is 0 Å². The number of aliphatic hydroxyl groups excluding tert-OH is 1. The maximum atomic E-state index is 12.1. The summed E-state index contributed by atoms with van der Waals surface area (Å²) in [4.78, 5) is 22.7. The molecule has 1 aliphatic carbocycles. The van der Waals surface area contributed by atoms with Crippen LogP contribution < -0.4 is 10.2 Å². The van der Waals surface area contributed by atoms with Crippen molar-refractivity contribution in [2.24, 2.45) is 0 Å². The Kier molecular flexibility index (Phi) is 5.77. The molecule has 0 unspecified atom stereocenters. The summed E-state index contributed by atoms with van der Waals surface area (Å²) in [5.41, 5.74) is 2.92. The summed E-state index contributed by atoms with van der Waals surface area (Å²) in [5.74, 6) is 0.715. The number of hydrogen-bond donors (Lipinski definition) is 1. The van der Waals surface area contributed by atoms with E-state index in [1.807, 2.05) is 24.3 Å². The molecule has 5 nitrogen and oxygen atoms in total. The van der Waals surface area contributed by atoms with Crippen molar-refractivity contribution in [1.82, 2.24) is 0 Å². The first-order valence-corrected chi connectivity index (χ1v) is 9.94. The van der Waals surface area contributed by atoms with Crippen molar-refractivity contribution >= 4 is 40.5 Å². The summed E-state index contributed by atoms with van der Waals surface area (Å²) < 4.78 is 11.6. The molecular formula is C23H16Cl2O5. The van der Waals surface area contributed by atoms with E-state index >= 15 is 0 Å². The first-order valence-electron chi connectivity index (χ1n) is 9.18. The Balaban J connectivity index is 2.08. The van der Waals surface area contributed by atoms with E-state index in [2.05, 4.69) is 0 Å². The highest BCUT2D eigenvalue weighted by Gasteiger charge is 2.22. The van der Waals surface area contributed by atoms with Crippen LogP contribution >= 0.6 is 23.2 Å². The molecule has 0 fully saturated rings. The minimum absolute atomic E-state index is 0.0692. The van der Waals surface area contributed by atoms with Crippen LogP contribution in [0.15, 0.2) is 57.7 Å². The number of aliphatic hydroxyl groups is 1. The highest BCUT2D eigenvalue weighted by atomic mass is 35.5. The molecule has 1 N–H and O–H groups in total. The van der Waals surface area contributed by atoms with E-state index in [0.717, 1.165) is 17.4 Å². The Morgan fingerprint density at radius 2 is 1.83 bits per heavy atom. The molecule has 152 valence electrons. The molecule has 1 aliphatic heterocycles. The second-order valence-electron chi connectivity index (χ2n) is 6.65. The van der Waals surface area contributed by atoms with Gasteiger partial charge in [-0.25, -0.2) is 0 Å². The molecule has 0 radical (unpaired) electrons. The smallest absolute Gasteiger partial charge is 0.200 e. The molecule has 7 heteroatoms. The fourth-order valence-corrected chi connectivity index (χ4v) is 3.79. The maximum absolute atomic E-state index is 12.1. The molecule has 2 aromatic rings. The van der Waals surface area contributed by atoms with E-state index in [-0.39, 0.29) is 30.1 Å². The molecule has 2 aromatic carbocycles. The van der Waals surface area contributed by atoms with Gasteiger partial charge < -0.3 is 19.1 Å². The topological polar surface area (TPSA) is 76.7 Å². The van der Waals surface area contributed by atoms with Crippen molar-refractivity contribution in [2.45, 2.75) is 13.0 Å². The predicted octanol–water partition coefficient (Wildman–Crippen LogP) is 5.33. The zero-order chi connectivity index (χ0) is 21.3. The van der Waals surface area contributed by atoms with E-state index in [1.165, 1.54) is 6.07 Å². The number of ether oxygens (including phenoxy) is 1. The average molecular weight is 443 g/mol. The Morgan fingerprint density at radius 3 is 2.60 bits per heavy atom. The van der Waals surface area contributed by atoms with Gasteiger partial charge in [-0.05, 0) is 23.3 Å². The van der Waals surface area contributed by atoms with Gasteiger partial charge in [-0.3, -0.25) is 4.79 Å². The van der Waals surface area contributed by atoms with Crippen LogP contribution in [0.2, 0.25) is 10.0 Å². The minimum Gasteiger partial charge on any atom is -0.491 e. The van der Waals surface area contributed by atoms with Crippen LogP contribution in [0.25, 0.3) is 33.4 Å². The Hall–Kier alpha value is -2.86. The first-order chi connectivity index (χ1) is 14.5. The van der Waals surface area contributed by atoms with Gasteiger partial charge in [-0.15, -0.1) is 0 Å². The van der Waals surface area contributed by atoms with Crippen molar-refractivity contribution in [3.8, 4) is 28.2 Å². The van der Waals surface area contributed by atoms with Gasteiger partial charge in [0.05, 0.1) is 23.3 Å². The average Bonchev–Trinajstić information content (AvgIpc) is 2.74. The lowest BCUT2D eigenvalue weighted by atomic mass is 9.91. The van der Waals surface area contributed by atoms with Crippen molar-refractivity contribution in [2.75, 3.05) is 6.61 Å². The quantitative estimate of drug-likeness (QED) is 0.248. The number of hydrogen-bond acceptors (Lipinski definition) is 5. The minimum atomic E-state index is -0.356. The van der Waals surface area contributed by atoms with Crippen LogP contribution in [0.1, 0.15) is 12.0 Å². The highest BCUT2D eigenvalue weighted by Crippen LogP contribution is 2.44. The van der Waals surface area contributed by atoms with Crippen molar-refractivity contribution in [3.05, 3.63) is 74.4 Å². The van der Waals surface area contributed by atoms with E-state index in [0.29, 0.717) is 38.6 Å². The number of fused-ring (bicyclic) bond motifs is 2. The summed E-state index contributed by atoms with van der Waals surface area (Å²) >= 11 is 12.6. The molecular weight excluding hydrogens is 427 g/mol. The second kappa shape index (κ2) is 8.48. The van der Waals surface area contributed by atoms with E-state index in [4.69, 9.17) is 32.4 Å². The largest absolute Gasteiger partial charge is 0.491 e. The number of rotatable bonds is 6. The van der Waals surface area contributed by atoms with Crippen molar-refractivity contribution in [1.29, 1.82) is 0 Å². The summed E-state index contributed by atoms with van der Waals surface area (Å²) in [6.45, 7) is 0.0159.